The van der Waals surface area contributed by atoms with Crippen LogP contribution in [0.2, 0.25) is 0 Å². The van der Waals surface area contributed by atoms with Crippen molar-refractivity contribution < 1.29 is 4.52 Å². The van der Waals surface area contributed by atoms with Crippen LogP contribution in [0.4, 0.5) is 0 Å². The van der Waals surface area contributed by atoms with Gasteiger partial charge >= 0.3 is 0 Å². The van der Waals surface area contributed by atoms with Gasteiger partial charge in [-0.2, -0.15) is 4.98 Å². The van der Waals surface area contributed by atoms with Crippen LogP contribution < -0.4 is 5.32 Å². The third-order valence-electron chi connectivity index (χ3n) is 4.42. The Morgan fingerprint density at radius 2 is 2.10 bits per heavy atom. The van der Waals surface area contributed by atoms with Crippen molar-refractivity contribution in [2.45, 2.75) is 38.8 Å². The van der Waals surface area contributed by atoms with E-state index >= 15 is 0 Å². The van der Waals surface area contributed by atoms with E-state index in [4.69, 9.17) is 4.52 Å². The average Bonchev–Trinajstić information content (AvgIpc) is 2.83. The molecule has 0 spiro atoms. The molecule has 0 radical (unpaired) electrons. The van der Waals surface area contributed by atoms with Gasteiger partial charge in [-0.3, -0.25) is 4.90 Å². The first-order chi connectivity index (χ1) is 10.0. The zero-order valence-electron chi connectivity index (χ0n) is 14.0. The molecule has 0 saturated carbocycles. The highest BCUT2D eigenvalue weighted by atomic mass is 16.5. The van der Waals surface area contributed by atoms with Gasteiger partial charge in [-0.1, -0.05) is 19.0 Å². The highest BCUT2D eigenvalue weighted by molar-refractivity contribution is 4.98. The molecule has 1 aromatic rings. The summed E-state index contributed by atoms with van der Waals surface area (Å²) in [4.78, 5) is 9.32. The van der Waals surface area contributed by atoms with Gasteiger partial charge in [-0.25, -0.2) is 0 Å². The van der Waals surface area contributed by atoms with Crippen LogP contribution in [-0.4, -0.2) is 66.8 Å². The molecule has 2 rings (SSSR count). The molecule has 1 N–H and O–H groups in total. The van der Waals surface area contributed by atoms with E-state index in [2.05, 4.69) is 53.2 Å². The van der Waals surface area contributed by atoms with Gasteiger partial charge in [-0.05, 0) is 46.6 Å². The summed E-state index contributed by atoms with van der Waals surface area (Å²) < 4.78 is 5.48. The molecule has 2 atom stereocenters. The van der Waals surface area contributed by atoms with E-state index in [1.54, 1.807) is 0 Å². The van der Waals surface area contributed by atoms with Crippen molar-refractivity contribution in [2.75, 3.05) is 40.8 Å². The first-order valence-corrected chi connectivity index (χ1v) is 7.89. The van der Waals surface area contributed by atoms with Crippen molar-refractivity contribution in [1.29, 1.82) is 0 Å². The topological polar surface area (TPSA) is 57.4 Å². The number of rotatable bonds is 5. The number of hydrogen-bond acceptors (Lipinski definition) is 6. The van der Waals surface area contributed by atoms with Crippen LogP contribution in [0.1, 0.15) is 38.0 Å². The Bertz CT molecular complexity index is 433. The molecule has 0 amide bonds. The number of nitrogens with one attached hydrogen (secondary N) is 1. The molecule has 1 saturated heterocycles. The fraction of sp³-hybridized carbons (Fsp3) is 0.867. The van der Waals surface area contributed by atoms with Gasteiger partial charge in [0.1, 0.15) is 0 Å². The van der Waals surface area contributed by atoms with Crippen molar-refractivity contribution in [2.24, 2.45) is 5.92 Å². The van der Waals surface area contributed by atoms with E-state index in [1.165, 1.54) is 6.42 Å². The molecule has 0 aliphatic carbocycles. The summed E-state index contributed by atoms with van der Waals surface area (Å²) in [6, 6.07) is 0.593. The molecule has 2 unspecified atom stereocenters. The summed E-state index contributed by atoms with van der Waals surface area (Å²) >= 11 is 0. The van der Waals surface area contributed by atoms with Crippen LogP contribution >= 0.6 is 0 Å². The minimum Gasteiger partial charge on any atom is -0.339 e. The van der Waals surface area contributed by atoms with E-state index in [0.717, 1.165) is 37.8 Å². The normalized spacial score (nSPS) is 23.4. The Hall–Kier alpha value is -0.980. The minimum absolute atomic E-state index is 0.224. The van der Waals surface area contributed by atoms with E-state index < -0.39 is 0 Å². The van der Waals surface area contributed by atoms with E-state index in [-0.39, 0.29) is 6.04 Å². The highest BCUT2D eigenvalue weighted by Gasteiger charge is 2.27. The zero-order chi connectivity index (χ0) is 15.4. The zero-order valence-corrected chi connectivity index (χ0v) is 14.0. The van der Waals surface area contributed by atoms with Gasteiger partial charge in [0, 0.05) is 19.0 Å². The molecule has 6 heteroatoms. The minimum atomic E-state index is 0.224. The van der Waals surface area contributed by atoms with Crippen LogP contribution in [0, 0.1) is 5.92 Å². The fourth-order valence-electron chi connectivity index (χ4n) is 2.90. The van der Waals surface area contributed by atoms with Crippen molar-refractivity contribution in [1.82, 2.24) is 25.3 Å². The number of aromatic nitrogens is 2. The maximum atomic E-state index is 5.48. The number of nitrogens with zero attached hydrogens (tertiary/aromatic N) is 4. The van der Waals surface area contributed by atoms with Crippen LogP contribution in [-0.2, 0) is 6.42 Å². The molecule has 6 nitrogen and oxygen atoms in total. The third kappa shape index (κ3) is 4.25. The van der Waals surface area contributed by atoms with Crippen LogP contribution in [0.3, 0.4) is 0 Å². The maximum Gasteiger partial charge on any atom is 0.228 e. The van der Waals surface area contributed by atoms with E-state index in [9.17, 15) is 0 Å². The lowest BCUT2D eigenvalue weighted by atomic mass is 10.0. The van der Waals surface area contributed by atoms with Gasteiger partial charge < -0.3 is 14.7 Å². The van der Waals surface area contributed by atoms with Crippen LogP contribution in [0.25, 0.3) is 0 Å². The predicted molar refractivity (Wildman–Crippen MR) is 83.2 cm³/mol. The average molecular weight is 295 g/mol. The van der Waals surface area contributed by atoms with Crippen molar-refractivity contribution in [3.63, 3.8) is 0 Å². The number of likely N-dealkylation sites (N-methyl/N-ethyl adjacent to an activating group) is 3. The molecule has 1 fully saturated rings. The summed E-state index contributed by atoms with van der Waals surface area (Å²) in [6.45, 7) is 7.55. The third-order valence-corrected chi connectivity index (χ3v) is 4.42. The largest absolute Gasteiger partial charge is 0.339 e. The van der Waals surface area contributed by atoms with Crippen LogP contribution in [0.15, 0.2) is 4.52 Å². The standard InChI is InChI=1S/C15H29N5O/c1-11(2)12(16-3)9-14-17-15(18-21-14)13-10-19(4)7-6-8-20(13)5/h11-13,16H,6-10H2,1-5H3. The van der Waals surface area contributed by atoms with E-state index in [1.807, 2.05) is 7.05 Å². The summed E-state index contributed by atoms with van der Waals surface area (Å²) in [5.74, 6) is 2.09. The van der Waals surface area contributed by atoms with Crippen molar-refractivity contribution >= 4 is 0 Å². The van der Waals surface area contributed by atoms with Crippen molar-refractivity contribution in [3.8, 4) is 0 Å². The molecule has 1 aromatic heterocycles. The maximum absolute atomic E-state index is 5.48. The lowest BCUT2D eigenvalue weighted by Gasteiger charge is -2.24. The lowest BCUT2D eigenvalue weighted by Crippen LogP contribution is -2.33. The Labute approximate surface area is 127 Å². The van der Waals surface area contributed by atoms with Gasteiger partial charge in [0.15, 0.2) is 5.82 Å². The monoisotopic (exact) mass is 295 g/mol. The molecular formula is C15H29N5O. The molecule has 0 bridgehead atoms. The summed E-state index contributed by atoms with van der Waals surface area (Å²) in [5, 5.41) is 7.55. The summed E-state index contributed by atoms with van der Waals surface area (Å²) in [7, 11) is 6.28. The lowest BCUT2D eigenvalue weighted by molar-refractivity contribution is 0.214. The second kappa shape index (κ2) is 7.33. The second-order valence-electron chi connectivity index (χ2n) is 6.50. The Morgan fingerprint density at radius 3 is 2.76 bits per heavy atom. The predicted octanol–water partition coefficient (Wildman–Crippen LogP) is 1.16. The van der Waals surface area contributed by atoms with Gasteiger partial charge in [0.05, 0.1) is 6.04 Å². The SMILES string of the molecule is CNC(Cc1nc(C2CN(C)CCCN2C)no1)C(C)C. The Kier molecular flexibility index (Phi) is 5.72. The Balaban J connectivity index is 2.07. The molecule has 1 aliphatic rings. The first-order valence-electron chi connectivity index (χ1n) is 7.89. The van der Waals surface area contributed by atoms with Gasteiger partial charge in [-0.15, -0.1) is 0 Å². The summed E-state index contributed by atoms with van der Waals surface area (Å²) in [6.07, 6.45) is 1.97. The fourth-order valence-corrected chi connectivity index (χ4v) is 2.90. The quantitative estimate of drug-likeness (QED) is 0.880. The molecule has 2 heterocycles. The molecule has 120 valence electrons. The molecule has 21 heavy (non-hydrogen) atoms. The van der Waals surface area contributed by atoms with Crippen LogP contribution in [0.5, 0.6) is 0 Å². The van der Waals surface area contributed by atoms with Gasteiger partial charge in [0.2, 0.25) is 5.89 Å². The highest BCUT2D eigenvalue weighted by Crippen LogP contribution is 2.21. The summed E-state index contributed by atoms with van der Waals surface area (Å²) in [5.41, 5.74) is 0. The van der Waals surface area contributed by atoms with Gasteiger partial charge in [0.25, 0.3) is 0 Å². The van der Waals surface area contributed by atoms with E-state index in [0.29, 0.717) is 12.0 Å². The molecular weight excluding hydrogens is 266 g/mol. The second-order valence-corrected chi connectivity index (χ2v) is 6.50. The molecule has 0 aromatic carbocycles. The smallest absolute Gasteiger partial charge is 0.228 e. The Morgan fingerprint density at radius 1 is 1.33 bits per heavy atom. The van der Waals surface area contributed by atoms with Crippen molar-refractivity contribution in [3.05, 3.63) is 11.7 Å². The molecule has 1 aliphatic heterocycles. The number of hydrogen-bond donors (Lipinski definition) is 1. The first kappa shape index (κ1) is 16.4.